The predicted octanol–water partition coefficient (Wildman–Crippen LogP) is 3.85. The summed E-state index contributed by atoms with van der Waals surface area (Å²) in [5.74, 6) is -2.22. The van der Waals surface area contributed by atoms with E-state index in [0.717, 1.165) is 12.1 Å². The van der Waals surface area contributed by atoms with E-state index in [1.54, 1.807) is 38.1 Å². The Hall–Kier alpha value is -2.60. The summed E-state index contributed by atoms with van der Waals surface area (Å²) < 4.78 is 26.3. The Kier molecular flexibility index (Phi) is 5.98. The number of carbonyl (C=O) groups is 2. The molecule has 0 saturated heterocycles. The van der Waals surface area contributed by atoms with Gasteiger partial charge in [0.2, 0.25) is 5.91 Å². The standard InChI is InChI=1S/C19H20F2N2O2/c1-11(14-7-8-17(20)18(21)10-14)22-12(2)19(25)23-16-6-4-5-15(9-16)13(3)24/h4-12,22H,1-3H3,(H,23,25)/t11-,12-/m1/s1. The van der Waals surface area contributed by atoms with Gasteiger partial charge in [-0.15, -0.1) is 0 Å². The van der Waals surface area contributed by atoms with Gasteiger partial charge in [0.1, 0.15) is 0 Å². The van der Waals surface area contributed by atoms with Crippen LogP contribution in [0.25, 0.3) is 0 Å². The highest BCUT2D eigenvalue weighted by Gasteiger charge is 2.17. The van der Waals surface area contributed by atoms with Gasteiger partial charge in [0.15, 0.2) is 17.4 Å². The number of ketones is 1. The van der Waals surface area contributed by atoms with E-state index in [0.29, 0.717) is 16.8 Å². The molecule has 1 amide bonds. The number of hydrogen-bond acceptors (Lipinski definition) is 3. The van der Waals surface area contributed by atoms with Crippen molar-refractivity contribution >= 4 is 17.4 Å². The number of benzene rings is 2. The van der Waals surface area contributed by atoms with Crippen LogP contribution < -0.4 is 10.6 Å². The molecule has 0 fully saturated rings. The molecular weight excluding hydrogens is 326 g/mol. The molecule has 4 nitrogen and oxygen atoms in total. The molecule has 0 aromatic heterocycles. The quantitative estimate of drug-likeness (QED) is 0.781. The van der Waals surface area contributed by atoms with Crippen molar-refractivity contribution in [3.05, 3.63) is 65.2 Å². The van der Waals surface area contributed by atoms with Gasteiger partial charge in [-0.2, -0.15) is 0 Å². The summed E-state index contributed by atoms with van der Waals surface area (Å²) in [5, 5.41) is 5.76. The van der Waals surface area contributed by atoms with E-state index >= 15 is 0 Å². The zero-order valence-electron chi connectivity index (χ0n) is 14.3. The van der Waals surface area contributed by atoms with E-state index in [2.05, 4.69) is 10.6 Å². The first-order valence-electron chi connectivity index (χ1n) is 7.91. The Labute approximate surface area is 145 Å². The number of Topliss-reactive ketones (excluding diaryl/α,β-unsaturated/α-hetero) is 1. The topological polar surface area (TPSA) is 58.2 Å². The highest BCUT2D eigenvalue weighted by atomic mass is 19.2. The minimum atomic E-state index is -0.927. The maximum Gasteiger partial charge on any atom is 0.241 e. The van der Waals surface area contributed by atoms with Gasteiger partial charge in [-0.05, 0) is 50.6 Å². The molecule has 0 unspecified atom stereocenters. The summed E-state index contributed by atoms with van der Waals surface area (Å²) >= 11 is 0. The molecule has 0 radical (unpaired) electrons. The highest BCUT2D eigenvalue weighted by molar-refractivity contribution is 5.98. The maximum atomic E-state index is 13.3. The zero-order chi connectivity index (χ0) is 18.6. The van der Waals surface area contributed by atoms with Gasteiger partial charge in [0.25, 0.3) is 0 Å². The average Bonchev–Trinajstić information content (AvgIpc) is 2.57. The number of halogens is 2. The molecule has 2 N–H and O–H groups in total. The molecule has 2 atom stereocenters. The Morgan fingerprint density at radius 1 is 1.00 bits per heavy atom. The molecule has 0 bridgehead atoms. The zero-order valence-corrected chi connectivity index (χ0v) is 14.3. The van der Waals surface area contributed by atoms with Gasteiger partial charge in [0.05, 0.1) is 6.04 Å². The highest BCUT2D eigenvalue weighted by Crippen LogP contribution is 2.17. The summed E-state index contributed by atoms with van der Waals surface area (Å²) in [5.41, 5.74) is 1.57. The Balaban J connectivity index is 2.01. The SMILES string of the molecule is CC(=O)c1cccc(NC(=O)[C@@H](C)N[C@H](C)c2ccc(F)c(F)c2)c1. The first-order chi connectivity index (χ1) is 11.8. The molecule has 0 saturated carbocycles. The molecule has 0 aliphatic rings. The minimum Gasteiger partial charge on any atom is -0.325 e. The van der Waals surface area contributed by atoms with Crippen molar-refractivity contribution in [1.29, 1.82) is 0 Å². The monoisotopic (exact) mass is 346 g/mol. The van der Waals surface area contributed by atoms with Crippen LogP contribution in [0.2, 0.25) is 0 Å². The van der Waals surface area contributed by atoms with E-state index in [4.69, 9.17) is 0 Å². The summed E-state index contributed by atoms with van der Waals surface area (Å²) in [6, 6.07) is 9.36. The Morgan fingerprint density at radius 3 is 2.36 bits per heavy atom. The van der Waals surface area contributed by atoms with Crippen LogP contribution in [-0.4, -0.2) is 17.7 Å². The lowest BCUT2D eigenvalue weighted by molar-refractivity contribution is -0.117. The molecule has 25 heavy (non-hydrogen) atoms. The third kappa shape index (κ3) is 4.93. The third-order valence-electron chi connectivity index (χ3n) is 3.87. The normalized spacial score (nSPS) is 13.2. The average molecular weight is 346 g/mol. The number of nitrogens with one attached hydrogen (secondary N) is 2. The fourth-order valence-electron chi connectivity index (χ4n) is 2.40. The Morgan fingerprint density at radius 2 is 1.72 bits per heavy atom. The van der Waals surface area contributed by atoms with Crippen LogP contribution in [0.15, 0.2) is 42.5 Å². The largest absolute Gasteiger partial charge is 0.325 e. The van der Waals surface area contributed by atoms with Crippen LogP contribution >= 0.6 is 0 Å². The third-order valence-corrected chi connectivity index (χ3v) is 3.87. The molecule has 0 aliphatic heterocycles. The first kappa shape index (κ1) is 18.7. The number of anilines is 1. The maximum absolute atomic E-state index is 13.3. The van der Waals surface area contributed by atoms with Gasteiger partial charge in [0, 0.05) is 17.3 Å². The summed E-state index contributed by atoms with van der Waals surface area (Å²) in [7, 11) is 0. The lowest BCUT2D eigenvalue weighted by atomic mass is 10.1. The molecular formula is C19H20F2N2O2. The van der Waals surface area contributed by atoms with Crippen LogP contribution in [0.1, 0.15) is 42.7 Å². The van der Waals surface area contributed by atoms with E-state index in [1.807, 2.05) is 0 Å². The van der Waals surface area contributed by atoms with Gasteiger partial charge >= 0.3 is 0 Å². The van der Waals surface area contributed by atoms with Crippen LogP contribution in [0, 0.1) is 11.6 Å². The Bertz CT molecular complexity index is 793. The smallest absolute Gasteiger partial charge is 0.241 e. The van der Waals surface area contributed by atoms with Crippen LogP contribution in [0.3, 0.4) is 0 Å². The molecule has 2 rings (SSSR count). The van der Waals surface area contributed by atoms with E-state index in [9.17, 15) is 18.4 Å². The van der Waals surface area contributed by atoms with Gasteiger partial charge < -0.3 is 5.32 Å². The molecule has 2 aromatic carbocycles. The van der Waals surface area contributed by atoms with Crippen molar-refractivity contribution in [3.63, 3.8) is 0 Å². The van der Waals surface area contributed by atoms with Crippen molar-refractivity contribution in [2.75, 3.05) is 5.32 Å². The lowest BCUT2D eigenvalue weighted by Gasteiger charge is -2.20. The van der Waals surface area contributed by atoms with Crippen molar-refractivity contribution in [2.24, 2.45) is 0 Å². The first-order valence-corrected chi connectivity index (χ1v) is 7.91. The predicted molar refractivity (Wildman–Crippen MR) is 92.4 cm³/mol. The summed E-state index contributed by atoms with van der Waals surface area (Å²) in [6.07, 6.45) is 0. The fourth-order valence-corrected chi connectivity index (χ4v) is 2.40. The molecule has 2 aromatic rings. The molecule has 6 heteroatoms. The fraction of sp³-hybridized carbons (Fsp3) is 0.263. The van der Waals surface area contributed by atoms with Crippen LogP contribution in [0.5, 0.6) is 0 Å². The number of amides is 1. The number of hydrogen-bond donors (Lipinski definition) is 2. The van der Waals surface area contributed by atoms with E-state index < -0.39 is 17.7 Å². The second-order valence-corrected chi connectivity index (χ2v) is 5.91. The van der Waals surface area contributed by atoms with Crippen molar-refractivity contribution in [2.45, 2.75) is 32.9 Å². The lowest BCUT2D eigenvalue weighted by Crippen LogP contribution is -2.39. The number of carbonyl (C=O) groups excluding carboxylic acids is 2. The molecule has 0 heterocycles. The molecule has 0 aliphatic carbocycles. The van der Waals surface area contributed by atoms with Gasteiger partial charge in [-0.3, -0.25) is 14.9 Å². The van der Waals surface area contributed by atoms with Crippen molar-refractivity contribution < 1.29 is 18.4 Å². The second kappa shape index (κ2) is 7.98. The van der Waals surface area contributed by atoms with Crippen molar-refractivity contribution in [1.82, 2.24) is 5.32 Å². The van der Waals surface area contributed by atoms with E-state index in [-0.39, 0.29) is 17.7 Å². The minimum absolute atomic E-state index is 0.0887. The number of rotatable bonds is 6. The van der Waals surface area contributed by atoms with Crippen LogP contribution in [0.4, 0.5) is 14.5 Å². The summed E-state index contributed by atoms with van der Waals surface area (Å²) in [6.45, 7) is 4.88. The van der Waals surface area contributed by atoms with Gasteiger partial charge in [-0.1, -0.05) is 18.2 Å². The molecule has 132 valence electrons. The molecule has 0 spiro atoms. The van der Waals surface area contributed by atoms with Gasteiger partial charge in [-0.25, -0.2) is 8.78 Å². The van der Waals surface area contributed by atoms with E-state index in [1.165, 1.54) is 13.0 Å². The van der Waals surface area contributed by atoms with Crippen LogP contribution in [-0.2, 0) is 4.79 Å². The van der Waals surface area contributed by atoms with Crippen molar-refractivity contribution in [3.8, 4) is 0 Å². The summed E-state index contributed by atoms with van der Waals surface area (Å²) in [4.78, 5) is 23.7. The second-order valence-electron chi connectivity index (χ2n) is 5.91.